The Balaban J connectivity index is 3.46. The second kappa shape index (κ2) is 4.53. The Morgan fingerprint density at radius 3 is 2.17 bits per heavy atom. The van der Waals surface area contributed by atoms with E-state index in [-0.39, 0.29) is 0 Å². The molecule has 10 heteroatoms. The lowest BCUT2D eigenvalue weighted by molar-refractivity contribution is -0.277. The van der Waals surface area contributed by atoms with Crippen molar-refractivity contribution in [1.82, 2.24) is 4.98 Å². The fraction of sp³-hybridized carbons (Fsp3) is 0.250. The standard InChI is InChI=1S/C8HClF6N2O/c9-5-3(1-16)2-17-6(18-8(13,14)15)4(5)7(10,11)12/h2H. The molecule has 1 aromatic heterocycles. The molecule has 1 aromatic rings. The van der Waals surface area contributed by atoms with Crippen LogP contribution in [-0.4, -0.2) is 11.3 Å². The molecule has 1 rings (SSSR count). The van der Waals surface area contributed by atoms with E-state index in [1.54, 1.807) is 0 Å². The van der Waals surface area contributed by atoms with Crippen molar-refractivity contribution in [2.75, 3.05) is 0 Å². The zero-order valence-corrected chi connectivity index (χ0v) is 8.78. The summed E-state index contributed by atoms with van der Waals surface area (Å²) in [4.78, 5) is 2.79. The van der Waals surface area contributed by atoms with Crippen molar-refractivity contribution in [1.29, 1.82) is 5.26 Å². The summed E-state index contributed by atoms with van der Waals surface area (Å²) in [7, 11) is 0. The summed E-state index contributed by atoms with van der Waals surface area (Å²) in [5, 5.41) is 7.23. The highest BCUT2D eigenvalue weighted by Gasteiger charge is 2.43. The number of aromatic nitrogens is 1. The number of ether oxygens (including phenoxy) is 1. The van der Waals surface area contributed by atoms with Crippen molar-refractivity contribution < 1.29 is 31.1 Å². The molecule has 0 saturated carbocycles. The number of pyridine rings is 1. The van der Waals surface area contributed by atoms with Crippen LogP contribution >= 0.6 is 11.6 Å². The minimum absolute atomic E-state index is 0.457. The van der Waals surface area contributed by atoms with E-state index in [4.69, 9.17) is 16.9 Å². The number of rotatable bonds is 1. The van der Waals surface area contributed by atoms with E-state index in [1.807, 2.05) is 0 Å². The van der Waals surface area contributed by atoms with Crippen LogP contribution in [0, 0.1) is 11.3 Å². The van der Waals surface area contributed by atoms with Gasteiger partial charge in [0.2, 0.25) is 5.88 Å². The first-order valence-electron chi connectivity index (χ1n) is 3.98. The van der Waals surface area contributed by atoms with Crippen molar-refractivity contribution in [3.05, 3.63) is 22.3 Å². The van der Waals surface area contributed by atoms with Gasteiger partial charge in [-0.3, -0.25) is 0 Å². The monoisotopic (exact) mass is 290 g/mol. The van der Waals surface area contributed by atoms with E-state index in [2.05, 4.69) is 9.72 Å². The van der Waals surface area contributed by atoms with Gasteiger partial charge in [-0.2, -0.15) is 18.4 Å². The van der Waals surface area contributed by atoms with Crippen LogP contribution in [0.1, 0.15) is 11.1 Å². The third kappa shape index (κ3) is 3.16. The number of alkyl halides is 6. The molecule has 0 amide bonds. The second-order valence-electron chi connectivity index (χ2n) is 2.82. The number of nitriles is 1. The Bertz CT molecular complexity index is 504. The van der Waals surface area contributed by atoms with Gasteiger partial charge in [0, 0.05) is 0 Å². The zero-order chi connectivity index (χ0) is 14.1. The first-order chi connectivity index (χ1) is 8.06. The van der Waals surface area contributed by atoms with Crippen LogP contribution in [0.25, 0.3) is 0 Å². The highest BCUT2D eigenvalue weighted by molar-refractivity contribution is 6.32. The molecule has 3 nitrogen and oxygen atoms in total. The van der Waals surface area contributed by atoms with Crippen molar-refractivity contribution in [3.8, 4) is 11.9 Å². The summed E-state index contributed by atoms with van der Waals surface area (Å²) in [6.07, 6.45) is -10.1. The Kier molecular flexibility index (Phi) is 3.62. The molecule has 0 atom stereocenters. The van der Waals surface area contributed by atoms with Gasteiger partial charge in [-0.25, -0.2) is 4.98 Å². The van der Waals surface area contributed by atoms with Crippen LogP contribution in [0.4, 0.5) is 26.3 Å². The molecule has 0 aliphatic carbocycles. The van der Waals surface area contributed by atoms with Crippen molar-refractivity contribution in [2.24, 2.45) is 0 Å². The molecule has 98 valence electrons. The quantitative estimate of drug-likeness (QED) is 0.743. The Morgan fingerprint density at radius 1 is 1.22 bits per heavy atom. The van der Waals surface area contributed by atoms with Gasteiger partial charge >= 0.3 is 12.5 Å². The van der Waals surface area contributed by atoms with E-state index in [1.165, 1.54) is 6.07 Å². The third-order valence-electron chi connectivity index (χ3n) is 1.60. The van der Waals surface area contributed by atoms with Crippen molar-refractivity contribution in [3.63, 3.8) is 0 Å². The van der Waals surface area contributed by atoms with Gasteiger partial charge in [-0.15, -0.1) is 13.2 Å². The molecule has 0 fully saturated rings. The lowest BCUT2D eigenvalue weighted by atomic mass is 10.2. The number of hydrogen-bond acceptors (Lipinski definition) is 3. The first kappa shape index (κ1) is 14.4. The van der Waals surface area contributed by atoms with Gasteiger partial charge in [-0.1, -0.05) is 11.6 Å². The van der Waals surface area contributed by atoms with Crippen LogP contribution in [0.15, 0.2) is 6.20 Å². The SMILES string of the molecule is N#Cc1cnc(OC(F)(F)F)c(C(F)(F)F)c1Cl. The molecule has 0 N–H and O–H groups in total. The van der Waals surface area contributed by atoms with E-state index in [9.17, 15) is 26.3 Å². The number of halogens is 7. The maximum Gasteiger partial charge on any atom is 0.574 e. The van der Waals surface area contributed by atoms with Crippen molar-refractivity contribution >= 4 is 11.6 Å². The summed E-state index contributed by atoms with van der Waals surface area (Å²) in [5.74, 6) is -1.75. The van der Waals surface area contributed by atoms with Gasteiger partial charge in [0.1, 0.15) is 11.6 Å². The van der Waals surface area contributed by atoms with Gasteiger partial charge in [0.25, 0.3) is 0 Å². The fourth-order valence-corrected chi connectivity index (χ4v) is 1.26. The normalized spacial score (nSPS) is 12.1. The highest BCUT2D eigenvalue weighted by Crippen LogP contribution is 2.42. The Morgan fingerprint density at radius 2 is 1.78 bits per heavy atom. The zero-order valence-electron chi connectivity index (χ0n) is 8.03. The first-order valence-corrected chi connectivity index (χ1v) is 4.35. The lowest BCUT2D eigenvalue weighted by Gasteiger charge is -2.15. The molecule has 0 saturated heterocycles. The molecule has 0 aliphatic heterocycles. The molecule has 0 aromatic carbocycles. The summed E-state index contributed by atoms with van der Waals surface area (Å²) in [5.41, 5.74) is -2.65. The smallest absolute Gasteiger partial charge is 0.387 e. The fourth-order valence-electron chi connectivity index (χ4n) is 0.984. The second-order valence-corrected chi connectivity index (χ2v) is 3.20. The minimum Gasteiger partial charge on any atom is -0.387 e. The van der Waals surface area contributed by atoms with Gasteiger partial charge in [0.15, 0.2) is 0 Å². The molecule has 0 unspecified atom stereocenters. The van der Waals surface area contributed by atoms with E-state index in [0.29, 0.717) is 6.20 Å². The molecular weight excluding hydrogens is 290 g/mol. The molecule has 0 bridgehead atoms. The Labute approximate surface area is 101 Å². The van der Waals surface area contributed by atoms with Crippen LogP contribution in [0.5, 0.6) is 5.88 Å². The molecule has 18 heavy (non-hydrogen) atoms. The van der Waals surface area contributed by atoms with E-state index < -0.39 is 34.6 Å². The average molecular weight is 291 g/mol. The van der Waals surface area contributed by atoms with E-state index >= 15 is 0 Å². The van der Waals surface area contributed by atoms with E-state index in [0.717, 1.165) is 0 Å². The van der Waals surface area contributed by atoms with Crippen LogP contribution in [0.3, 0.4) is 0 Å². The molecule has 0 spiro atoms. The van der Waals surface area contributed by atoms with Crippen LogP contribution < -0.4 is 4.74 Å². The summed E-state index contributed by atoms with van der Waals surface area (Å²) < 4.78 is 76.3. The third-order valence-corrected chi connectivity index (χ3v) is 1.99. The average Bonchev–Trinajstić information content (AvgIpc) is 2.13. The maximum atomic E-state index is 12.5. The minimum atomic E-state index is -5.36. The lowest BCUT2D eigenvalue weighted by Crippen LogP contribution is -2.21. The van der Waals surface area contributed by atoms with Gasteiger partial charge in [0.05, 0.1) is 16.8 Å². The number of nitrogens with zero attached hydrogens (tertiary/aromatic N) is 2. The molecule has 1 heterocycles. The maximum absolute atomic E-state index is 12.5. The van der Waals surface area contributed by atoms with Crippen LogP contribution in [0.2, 0.25) is 5.02 Å². The molecular formula is C8HClF6N2O. The van der Waals surface area contributed by atoms with Gasteiger partial charge < -0.3 is 4.74 Å². The summed E-state index contributed by atoms with van der Waals surface area (Å²) >= 11 is 5.20. The summed E-state index contributed by atoms with van der Waals surface area (Å²) in [6.45, 7) is 0. The van der Waals surface area contributed by atoms with Crippen LogP contribution in [-0.2, 0) is 6.18 Å². The van der Waals surface area contributed by atoms with Gasteiger partial charge in [-0.05, 0) is 0 Å². The number of hydrogen-bond donors (Lipinski definition) is 0. The predicted molar refractivity (Wildman–Crippen MR) is 45.6 cm³/mol. The highest BCUT2D eigenvalue weighted by atomic mass is 35.5. The Hall–Kier alpha value is -1.69. The topological polar surface area (TPSA) is 45.9 Å². The molecule has 0 radical (unpaired) electrons. The molecule has 0 aliphatic rings. The predicted octanol–water partition coefficient (Wildman–Crippen LogP) is 3.52. The van der Waals surface area contributed by atoms with Crippen molar-refractivity contribution in [2.45, 2.75) is 12.5 Å². The largest absolute Gasteiger partial charge is 0.574 e. The summed E-state index contributed by atoms with van der Waals surface area (Å²) in [6, 6.07) is 1.27.